The molecule has 1 aromatic heterocycles. The number of anilines is 1. The number of aromatic nitrogens is 2. The molecule has 0 saturated heterocycles. The van der Waals surface area contributed by atoms with E-state index in [0.717, 1.165) is 30.7 Å². The van der Waals surface area contributed by atoms with Gasteiger partial charge in [0.15, 0.2) is 5.82 Å². The first kappa shape index (κ1) is 19.7. The number of hydrogen-bond donors (Lipinski definition) is 1. The SMILES string of the molecule is CC1(C)C2CCC1(CS(=O)(=O)Nc1ccccc1Cc1nc(C3CC3)no1)C(=O)C2. The summed E-state index contributed by atoms with van der Waals surface area (Å²) in [5, 5.41) is 4.03. The number of nitrogens with zero attached hydrogens (tertiary/aromatic N) is 2. The van der Waals surface area contributed by atoms with Crippen molar-refractivity contribution in [3.63, 3.8) is 0 Å². The van der Waals surface area contributed by atoms with E-state index in [1.54, 1.807) is 12.1 Å². The van der Waals surface area contributed by atoms with Gasteiger partial charge in [0.1, 0.15) is 5.78 Å². The van der Waals surface area contributed by atoms with Gasteiger partial charge in [-0.15, -0.1) is 0 Å². The highest BCUT2D eigenvalue weighted by Crippen LogP contribution is 2.64. The van der Waals surface area contributed by atoms with Crippen molar-refractivity contribution in [2.75, 3.05) is 10.5 Å². The van der Waals surface area contributed by atoms with Crippen molar-refractivity contribution in [1.82, 2.24) is 10.1 Å². The molecule has 3 aliphatic carbocycles. The van der Waals surface area contributed by atoms with Crippen molar-refractivity contribution in [1.29, 1.82) is 0 Å². The third-order valence-electron chi connectivity index (χ3n) is 7.63. The minimum absolute atomic E-state index is 0.0980. The lowest BCUT2D eigenvalue weighted by Crippen LogP contribution is -2.43. The van der Waals surface area contributed by atoms with E-state index in [-0.39, 0.29) is 22.9 Å². The topological polar surface area (TPSA) is 102 Å². The van der Waals surface area contributed by atoms with Crippen LogP contribution in [0.5, 0.6) is 0 Å². The first-order valence-corrected chi connectivity index (χ1v) is 12.3. The molecule has 30 heavy (non-hydrogen) atoms. The molecule has 2 bridgehead atoms. The largest absolute Gasteiger partial charge is 0.339 e. The van der Waals surface area contributed by atoms with Gasteiger partial charge >= 0.3 is 0 Å². The zero-order valence-electron chi connectivity index (χ0n) is 17.3. The van der Waals surface area contributed by atoms with Gasteiger partial charge in [0.25, 0.3) is 0 Å². The number of carbonyl (C=O) groups excluding carboxylic acids is 1. The van der Waals surface area contributed by atoms with Gasteiger partial charge in [-0.05, 0) is 48.6 Å². The summed E-state index contributed by atoms with van der Waals surface area (Å²) in [6.45, 7) is 4.10. The van der Waals surface area contributed by atoms with Crippen LogP contribution in [0, 0.1) is 16.7 Å². The summed E-state index contributed by atoms with van der Waals surface area (Å²) < 4.78 is 34.4. The lowest BCUT2D eigenvalue weighted by molar-refractivity contribution is -0.128. The van der Waals surface area contributed by atoms with Crippen LogP contribution in [0.1, 0.15) is 69.1 Å². The summed E-state index contributed by atoms with van der Waals surface area (Å²) in [4.78, 5) is 17.2. The summed E-state index contributed by atoms with van der Waals surface area (Å²) in [7, 11) is -3.72. The minimum Gasteiger partial charge on any atom is -0.339 e. The number of para-hydroxylation sites is 1. The number of benzene rings is 1. The third-order valence-corrected chi connectivity index (χ3v) is 9.03. The Labute approximate surface area is 176 Å². The van der Waals surface area contributed by atoms with Gasteiger partial charge < -0.3 is 4.52 Å². The number of ketones is 1. The standard InChI is InChI=1S/C22H27N3O4S/c1-21(2)16-9-10-22(21,18(26)12-16)13-30(27,28)25-17-6-4-3-5-15(17)11-19-23-20(24-29-19)14-7-8-14/h3-6,14,16,25H,7-13H2,1-2H3. The molecule has 2 atom stereocenters. The molecule has 3 saturated carbocycles. The average molecular weight is 430 g/mol. The first-order valence-electron chi connectivity index (χ1n) is 10.6. The number of sulfonamides is 1. The van der Waals surface area contributed by atoms with Crippen molar-refractivity contribution >= 4 is 21.5 Å². The van der Waals surface area contributed by atoms with Crippen molar-refractivity contribution in [2.24, 2.45) is 16.7 Å². The third kappa shape index (κ3) is 3.16. The van der Waals surface area contributed by atoms with Crippen molar-refractivity contribution in [3.8, 4) is 0 Å². The Bertz CT molecular complexity index is 1100. The normalized spacial score (nSPS) is 27.5. The molecule has 5 rings (SSSR count). The fourth-order valence-corrected chi connectivity index (χ4v) is 7.35. The number of rotatable bonds is 7. The molecular formula is C22H27N3O4S. The summed E-state index contributed by atoms with van der Waals surface area (Å²) >= 11 is 0. The van der Waals surface area contributed by atoms with Gasteiger partial charge in [-0.25, -0.2) is 8.42 Å². The molecule has 2 unspecified atom stereocenters. The number of hydrogen-bond acceptors (Lipinski definition) is 6. The number of nitrogens with one attached hydrogen (secondary N) is 1. The highest BCUT2D eigenvalue weighted by atomic mass is 32.2. The van der Waals surface area contributed by atoms with Crippen LogP contribution in [0.15, 0.2) is 28.8 Å². The Morgan fingerprint density at radius 1 is 1.20 bits per heavy atom. The molecule has 1 N–H and O–H groups in total. The van der Waals surface area contributed by atoms with E-state index in [1.165, 1.54) is 0 Å². The Morgan fingerprint density at radius 3 is 2.63 bits per heavy atom. The Hall–Kier alpha value is -2.22. The predicted octanol–water partition coefficient (Wildman–Crippen LogP) is 3.67. The van der Waals surface area contributed by atoms with Crippen molar-refractivity contribution < 1.29 is 17.7 Å². The molecule has 0 radical (unpaired) electrons. The second-order valence-electron chi connectivity index (χ2n) is 9.68. The van der Waals surface area contributed by atoms with Crippen LogP contribution >= 0.6 is 0 Å². The lowest BCUT2D eigenvalue weighted by Gasteiger charge is -2.36. The van der Waals surface area contributed by atoms with Gasteiger partial charge in [0, 0.05) is 12.3 Å². The van der Waals surface area contributed by atoms with Crippen LogP contribution in [-0.2, 0) is 21.2 Å². The first-order chi connectivity index (χ1) is 14.2. The fourth-order valence-electron chi connectivity index (χ4n) is 5.42. The minimum atomic E-state index is -3.72. The maximum absolute atomic E-state index is 13.2. The Kier molecular flexibility index (Phi) is 4.36. The van der Waals surface area contributed by atoms with E-state index in [4.69, 9.17) is 4.52 Å². The van der Waals surface area contributed by atoms with Gasteiger partial charge in [-0.3, -0.25) is 9.52 Å². The van der Waals surface area contributed by atoms with Crippen LogP contribution in [0.3, 0.4) is 0 Å². The van der Waals surface area contributed by atoms with Crippen LogP contribution in [0.2, 0.25) is 0 Å². The fraction of sp³-hybridized carbons (Fsp3) is 0.591. The molecule has 0 spiro atoms. The summed E-state index contributed by atoms with van der Waals surface area (Å²) in [5.41, 5.74) is 0.189. The lowest BCUT2D eigenvalue weighted by atomic mass is 9.70. The molecule has 3 aliphatic rings. The molecule has 2 aromatic rings. The monoisotopic (exact) mass is 429 g/mol. The van der Waals surface area contributed by atoms with Gasteiger partial charge in [-0.2, -0.15) is 4.98 Å². The summed E-state index contributed by atoms with van der Waals surface area (Å²) in [5.74, 6) is 1.83. The zero-order valence-corrected chi connectivity index (χ0v) is 18.2. The van der Waals surface area contributed by atoms with E-state index in [0.29, 0.717) is 36.8 Å². The Morgan fingerprint density at radius 2 is 1.97 bits per heavy atom. The van der Waals surface area contributed by atoms with E-state index >= 15 is 0 Å². The number of carbonyl (C=O) groups is 1. The summed E-state index contributed by atoms with van der Waals surface area (Å²) in [6, 6.07) is 7.24. The van der Waals surface area contributed by atoms with Crippen molar-refractivity contribution in [3.05, 3.63) is 41.5 Å². The molecule has 1 heterocycles. The number of fused-ring (bicyclic) bond motifs is 2. The Balaban J connectivity index is 1.37. The van der Waals surface area contributed by atoms with E-state index in [2.05, 4.69) is 14.9 Å². The molecule has 1 aromatic carbocycles. The van der Waals surface area contributed by atoms with E-state index in [1.807, 2.05) is 26.0 Å². The number of Topliss-reactive ketones (excluding diaryl/α,β-unsaturated/α-hetero) is 1. The quantitative estimate of drug-likeness (QED) is 0.720. The van der Waals surface area contributed by atoms with E-state index < -0.39 is 15.4 Å². The van der Waals surface area contributed by atoms with E-state index in [9.17, 15) is 13.2 Å². The molecule has 8 heteroatoms. The molecule has 0 aliphatic heterocycles. The van der Waals surface area contributed by atoms with Crippen molar-refractivity contribution in [2.45, 2.75) is 58.3 Å². The molecule has 160 valence electrons. The van der Waals surface area contributed by atoms with Gasteiger partial charge in [0.05, 0.1) is 23.3 Å². The molecule has 7 nitrogen and oxygen atoms in total. The maximum Gasteiger partial charge on any atom is 0.233 e. The molecular weight excluding hydrogens is 402 g/mol. The smallest absolute Gasteiger partial charge is 0.233 e. The predicted molar refractivity (Wildman–Crippen MR) is 111 cm³/mol. The highest BCUT2D eigenvalue weighted by molar-refractivity contribution is 7.92. The zero-order chi connectivity index (χ0) is 21.1. The second-order valence-corrected chi connectivity index (χ2v) is 11.4. The molecule has 3 fully saturated rings. The van der Waals surface area contributed by atoms with Gasteiger partial charge in [0.2, 0.25) is 15.9 Å². The maximum atomic E-state index is 13.2. The molecule has 0 amide bonds. The van der Waals surface area contributed by atoms with Gasteiger partial charge in [-0.1, -0.05) is 37.2 Å². The van der Waals surface area contributed by atoms with Crippen LogP contribution < -0.4 is 4.72 Å². The second kappa shape index (κ2) is 6.64. The van der Waals surface area contributed by atoms with Crippen LogP contribution in [-0.4, -0.2) is 30.1 Å². The van der Waals surface area contributed by atoms with Crippen LogP contribution in [0.4, 0.5) is 5.69 Å². The van der Waals surface area contributed by atoms with Crippen LogP contribution in [0.25, 0.3) is 0 Å². The summed E-state index contributed by atoms with van der Waals surface area (Å²) in [6.07, 6.45) is 4.61. The average Bonchev–Trinajstić information content (AvgIpc) is 3.34. The highest BCUT2D eigenvalue weighted by Gasteiger charge is 2.65.